The van der Waals surface area contributed by atoms with Gasteiger partial charge in [-0.1, -0.05) is 23.7 Å². The maximum absolute atomic E-state index is 6.14. The van der Waals surface area contributed by atoms with Crippen molar-refractivity contribution in [2.75, 3.05) is 6.61 Å². The first-order valence-electron chi connectivity index (χ1n) is 5.03. The second-order valence-corrected chi connectivity index (χ2v) is 4.15. The molecule has 2 nitrogen and oxygen atoms in total. The average Bonchev–Trinajstić information content (AvgIpc) is 2.69. The van der Waals surface area contributed by atoms with Gasteiger partial charge in [0.25, 0.3) is 0 Å². The lowest BCUT2D eigenvalue weighted by Crippen LogP contribution is -2.14. The van der Waals surface area contributed by atoms with Crippen LogP contribution in [0, 0.1) is 6.92 Å². The number of nitrogens with two attached hydrogens (primary N) is 1. The number of rotatable bonds is 2. The molecule has 2 N–H and O–H groups in total. The van der Waals surface area contributed by atoms with Crippen LogP contribution in [0.25, 0.3) is 0 Å². The molecular weight excluding hydrogens is 210 g/mol. The van der Waals surface area contributed by atoms with Gasteiger partial charge in [0.05, 0.1) is 12.6 Å². The van der Waals surface area contributed by atoms with Crippen LogP contribution >= 0.6 is 11.6 Å². The van der Waals surface area contributed by atoms with Crippen molar-refractivity contribution >= 4 is 11.6 Å². The zero-order chi connectivity index (χ0) is 10.8. The molecule has 0 bridgehead atoms. The number of hydrogen-bond donors (Lipinski definition) is 1. The zero-order valence-corrected chi connectivity index (χ0v) is 9.42. The molecule has 0 aliphatic carbocycles. The van der Waals surface area contributed by atoms with Crippen molar-refractivity contribution in [2.24, 2.45) is 5.73 Å². The van der Waals surface area contributed by atoms with Crippen LogP contribution in [0.15, 0.2) is 30.0 Å². The molecule has 0 spiro atoms. The molecule has 0 radical (unpaired) electrons. The summed E-state index contributed by atoms with van der Waals surface area (Å²) in [5.41, 5.74) is 8.14. The Bertz CT molecular complexity index is 401. The predicted octanol–water partition coefficient (Wildman–Crippen LogP) is 2.95. The minimum Gasteiger partial charge on any atom is -0.496 e. The fraction of sp³-hybridized carbons (Fsp3) is 0.333. The highest BCUT2D eigenvalue weighted by atomic mass is 35.5. The zero-order valence-electron chi connectivity index (χ0n) is 8.66. The molecule has 2 rings (SSSR count). The van der Waals surface area contributed by atoms with E-state index in [-0.39, 0.29) is 6.04 Å². The largest absolute Gasteiger partial charge is 0.496 e. The van der Waals surface area contributed by atoms with Gasteiger partial charge in [-0.25, -0.2) is 0 Å². The van der Waals surface area contributed by atoms with E-state index in [9.17, 15) is 0 Å². The molecule has 0 saturated carbocycles. The maximum Gasteiger partial charge on any atom is 0.113 e. The van der Waals surface area contributed by atoms with E-state index in [2.05, 4.69) is 0 Å². The van der Waals surface area contributed by atoms with Gasteiger partial charge in [0.1, 0.15) is 5.76 Å². The lowest BCUT2D eigenvalue weighted by Gasteiger charge is -2.15. The summed E-state index contributed by atoms with van der Waals surface area (Å²) in [4.78, 5) is 0. The van der Waals surface area contributed by atoms with Crippen molar-refractivity contribution in [3.05, 3.63) is 46.2 Å². The first-order chi connectivity index (χ1) is 7.18. The summed E-state index contributed by atoms with van der Waals surface area (Å²) in [6.45, 7) is 2.74. The average molecular weight is 224 g/mol. The van der Waals surface area contributed by atoms with Gasteiger partial charge >= 0.3 is 0 Å². The molecule has 80 valence electrons. The number of benzene rings is 1. The Morgan fingerprint density at radius 3 is 2.87 bits per heavy atom. The summed E-state index contributed by atoms with van der Waals surface area (Å²) in [6, 6.07) is 5.66. The molecule has 0 saturated heterocycles. The van der Waals surface area contributed by atoms with E-state index in [1.54, 1.807) is 0 Å². The maximum atomic E-state index is 6.14. The highest BCUT2D eigenvalue weighted by Gasteiger charge is 2.18. The SMILES string of the molecule is Cc1ccc(C(N)C2=CCCO2)c(Cl)c1. The van der Waals surface area contributed by atoms with Gasteiger partial charge in [-0.3, -0.25) is 0 Å². The minimum absolute atomic E-state index is 0.236. The van der Waals surface area contributed by atoms with Gasteiger partial charge < -0.3 is 10.5 Å². The molecule has 1 atom stereocenters. The topological polar surface area (TPSA) is 35.2 Å². The Hall–Kier alpha value is -0.990. The molecule has 1 aromatic rings. The van der Waals surface area contributed by atoms with Gasteiger partial charge in [-0.05, 0) is 30.2 Å². The monoisotopic (exact) mass is 223 g/mol. The van der Waals surface area contributed by atoms with Gasteiger partial charge in [0.15, 0.2) is 0 Å². The fourth-order valence-electron chi connectivity index (χ4n) is 1.69. The summed E-state index contributed by atoms with van der Waals surface area (Å²) >= 11 is 6.14. The van der Waals surface area contributed by atoms with Crippen LogP contribution in [-0.2, 0) is 4.74 Å². The third-order valence-corrected chi connectivity index (χ3v) is 2.86. The Labute approximate surface area is 94.7 Å². The van der Waals surface area contributed by atoms with Crippen LogP contribution in [0.2, 0.25) is 5.02 Å². The van der Waals surface area contributed by atoms with Crippen molar-refractivity contribution in [3.8, 4) is 0 Å². The van der Waals surface area contributed by atoms with E-state index >= 15 is 0 Å². The van der Waals surface area contributed by atoms with Crippen molar-refractivity contribution in [2.45, 2.75) is 19.4 Å². The van der Waals surface area contributed by atoms with E-state index in [0.29, 0.717) is 5.02 Å². The third kappa shape index (κ3) is 2.16. The minimum atomic E-state index is -0.236. The molecule has 1 aromatic carbocycles. The van der Waals surface area contributed by atoms with Crippen LogP contribution in [0.4, 0.5) is 0 Å². The first-order valence-corrected chi connectivity index (χ1v) is 5.41. The van der Waals surface area contributed by atoms with Crippen molar-refractivity contribution < 1.29 is 4.74 Å². The van der Waals surface area contributed by atoms with E-state index in [0.717, 1.165) is 29.9 Å². The summed E-state index contributed by atoms with van der Waals surface area (Å²) in [6.07, 6.45) is 2.97. The standard InChI is InChI=1S/C12H14ClNO/c1-8-4-5-9(10(13)7-8)12(14)11-3-2-6-15-11/h3-5,7,12H,2,6,14H2,1H3. The van der Waals surface area contributed by atoms with Gasteiger partial charge in [0, 0.05) is 11.4 Å². The first kappa shape index (κ1) is 10.5. The molecule has 0 fully saturated rings. The molecule has 1 aliphatic heterocycles. The molecule has 3 heteroatoms. The van der Waals surface area contributed by atoms with Crippen LogP contribution in [0.3, 0.4) is 0 Å². The fourth-order valence-corrected chi connectivity index (χ4v) is 2.04. The Morgan fingerprint density at radius 2 is 2.27 bits per heavy atom. The van der Waals surface area contributed by atoms with Crippen molar-refractivity contribution in [1.29, 1.82) is 0 Å². The highest BCUT2D eigenvalue weighted by Crippen LogP contribution is 2.29. The molecule has 0 aromatic heterocycles. The lowest BCUT2D eigenvalue weighted by atomic mass is 10.0. The van der Waals surface area contributed by atoms with Crippen LogP contribution in [0.5, 0.6) is 0 Å². The molecule has 15 heavy (non-hydrogen) atoms. The number of hydrogen-bond acceptors (Lipinski definition) is 2. The number of ether oxygens (including phenoxy) is 1. The third-order valence-electron chi connectivity index (χ3n) is 2.53. The Kier molecular flexibility index (Phi) is 2.98. The number of halogens is 1. The second-order valence-electron chi connectivity index (χ2n) is 3.75. The van der Waals surface area contributed by atoms with Crippen molar-refractivity contribution in [3.63, 3.8) is 0 Å². The van der Waals surface area contributed by atoms with Crippen LogP contribution in [0.1, 0.15) is 23.6 Å². The second kappa shape index (κ2) is 4.25. The number of aryl methyl sites for hydroxylation is 1. The van der Waals surface area contributed by atoms with Crippen LogP contribution < -0.4 is 5.73 Å². The van der Waals surface area contributed by atoms with E-state index < -0.39 is 0 Å². The Balaban J connectivity index is 2.28. The van der Waals surface area contributed by atoms with Gasteiger partial charge in [-0.15, -0.1) is 0 Å². The molecule has 1 heterocycles. The summed E-state index contributed by atoms with van der Waals surface area (Å²) in [5.74, 6) is 0.834. The van der Waals surface area contributed by atoms with E-state index in [1.807, 2.05) is 31.2 Å². The molecule has 0 amide bonds. The van der Waals surface area contributed by atoms with E-state index in [1.165, 1.54) is 0 Å². The molecular formula is C12H14ClNO. The highest BCUT2D eigenvalue weighted by molar-refractivity contribution is 6.31. The summed E-state index contributed by atoms with van der Waals surface area (Å²) in [5, 5.41) is 0.707. The lowest BCUT2D eigenvalue weighted by molar-refractivity contribution is 0.225. The molecule has 1 unspecified atom stereocenters. The summed E-state index contributed by atoms with van der Waals surface area (Å²) in [7, 11) is 0. The quantitative estimate of drug-likeness (QED) is 0.837. The molecule has 1 aliphatic rings. The normalized spacial score (nSPS) is 17.1. The van der Waals surface area contributed by atoms with Crippen LogP contribution in [-0.4, -0.2) is 6.61 Å². The predicted molar refractivity (Wildman–Crippen MR) is 61.8 cm³/mol. The Morgan fingerprint density at radius 1 is 1.47 bits per heavy atom. The smallest absolute Gasteiger partial charge is 0.113 e. The van der Waals surface area contributed by atoms with Gasteiger partial charge in [0.2, 0.25) is 0 Å². The van der Waals surface area contributed by atoms with Gasteiger partial charge in [-0.2, -0.15) is 0 Å². The van der Waals surface area contributed by atoms with E-state index in [4.69, 9.17) is 22.1 Å². The van der Waals surface area contributed by atoms with Crippen molar-refractivity contribution in [1.82, 2.24) is 0 Å². The summed E-state index contributed by atoms with van der Waals surface area (Å²) < 4.78 is 5.43.